The lowest BCUT2D eigenvalue weighted by Crippen LogP contribution is -1.81. The fourth-order valence-corrected chi connectivity index (χ4v) is 1.04. The zero-order valence-corrected chi connectivity index (χ0v) is 10.6. The molecule has 0 radical (unpaired) electrons. The molecule has 2 heterocycles. The molecule has 15 heavy (non-hydrogen) atoms. The van der Waals surface area contributed by atoms with Gasteiger partial charge in [0.2, 0.25) is 5.28 Å². The molecule has 0 aliphatic heterocycles. The first-order valence-corrected chi connectivity index (χ1v) is 5.48. The molecule has 0 aromatic carbocycles. The van der Waals surface area contributed by atoms with Crippen molar-refractivity contribution in [1.29, 1.82) is 0 Å². The van der Waals surface area contributed by atoms with Crippen LogP contribution in [0.4, 0.5) is 0 Å². The SMILES string of the molecule is CC.CC.Cc1[nH]nc2cnc(Cl)nc12. The van der Waals surface area contributed by atoms with Crippen LogP contribution in [-0.2, 0) is 0 Å². The highest BCUT2D eigenvalue weighted by molar-refractivity contribution is 6.28. The van der Waals surface area contributed by atoms with E-state index in [9.17, 15) is 0 Å². The average Bonchev–Trinajstić information content (AvgIpc) is 2.66. The second kappa shape index (κ2) is 7.17. The molecular weight excluding hydrogens is 212 g/mol. The van der Waals surface area contributed by atoms with Gasteiger partial charge >= 0.3 is 0 Å². The third kappa shape index (κ3) is 3.47. The number of aromatic amines is 1. The molecule has 0 aliphatic rings. The second-order valence-corrected chi connectivity index (χ2v) is 2.56. The first kappa shape index (κ1) is 13.8. The molecule has 0 saturated heterocycles. The Morgan fingerprint density at radius 3 is 2.40 bits per heavy atom. The van der Waals surface area contributed by atoms with Gasteiger partial charge in [-0.25, -0.2) is 9.97 Å². The molecule has 0 bridgehead atoms. The number of rotatable bonds is 0. The van der Waals surface area contributed by atoms with Crippen LogP contribution in [0.15, 0.2) is 6.20 Å². The van der Waals surface area contributed by atoms with Gasteiger partial charge in [-0.3, -0.25) is 5.10 Å². The lowest BCUT2D eigenvalue weighted by Gasteiger charge is -1.87. The van der Waals surface area contributed by atoms with Crippen molar-refractivity contribution in [2.24, 2.45) is 0 Å². The van der Waals surface area contributed by atoms with Crippen LogP contribution >= 0.6 is 11.6 Å². The Labute approximate surface area is 95.1 Å². The van der Waals surface area contributed by atoms with Gasteiger partial charge in [-0.05, 0) is 18.5 Å². The summed E-state index contributed by atoms with van der Waals surface area (Å²) in [6, 6.07) is 0. The number of hydrogen-bond acceptors (Lipinski definition) is 3. The predicted molar refractivity (Wildman–Crippen MR) is 64.1 cm³/mol. The minimum Gasteiger partial charge on any atom is -0.280 e. The van der Waals surface area contributed by atoms with E-state index in [0.717, 1.165) is 16.7 Å². The van der Waals surface area contributed by atoms with Crippen LogP contribution in [-0.4, -0.2) is 20.2 Å². The van der Waals surface area contributed by atoms with Gasteiger partial charge in [0.15, 0.2) is 0 Å². The van der Waals surface area contributed by atoms with Gasteiger partial charge in [0.1, 0.15) is 11.0 Å². The zero-order valence-electron chi connectivity index (χ0n) is 9.80. The Morgan fingerprint density at radius 1 is 1.20 bits per heavy atom. The predicted octanol–water partition coefficient (Wildman–Crippen LogP) is 3.37. The van der Waals surface area contributed by atoms with E-state index in [1.807, 2.05) is 34.6 Å². The Kier molecular flexibility index (Phi) is 6.62. The molecule has 0 unspecified atom stereocenters. The molecule has 2 aromatic rings. The number of aromatic nitrogens is 4. The first-order chi connectivity index (χ1) is 7.27. The molecule has 4 nitrogen and oxygen atoms in total. The lowest BCUT2D eigenvalue weighted by molar-refractivity contribution is 1.07. The van der Waals surface area contributed by atoms with Crippen LogP contribution in [0, 0.1) is 6.92 Å². The summed E-state index contributed by atoms with van der Waals surface area (Å²) in [6.07, 6.45) is 1.59. The summed E-state index contributed by atoms with van der Waals surface area (Å²) in [6.45, 7) is 9.89. The maximum atomic E-state index is 5.58. The minimum atomic E-state index is 0.252. The van der Waals surface area contributed by atoms with Crippen LogP contribution in [0.1, 0.15) is 33.4 Å². The maximum Gasteiger partial charge on any atom is 0.223 e. The normalized spacial score (nSPS) is 8.67. The molecule has 0 atom stereocenters. The highest BCUT2D eigenvalue weighted by atomic mass is 35.5. The summed E-state index contributed by atoms with van der Waals surface area (Å²) < 4.78 is 0. The van der Waals surface area contributed by atoms with Crippen LogP contribution in [0.25, 0.3) is 11.0 Å². The van der Waals surface area contributed by atoms with E-state index in [1.54, 1.807) is 6.20 Å². The van der Waals surface area contributed by atoms with E-state index in [1.165, 1.54) is 0 Å². The molecule has 2 aromatic heterocycles. The van der Waals surface area contributed by atoms with E-state index >= 15 is 0 Å². The van der Waals surface area contributed by atoms with E-state index in [4.69, 9.17) is 11.6 Å². The largest absolute Gasteiger partial charge is 0.280 e. The summed E-state index contributed by atoms with van der Waals surface area (Å²) in [4.78, 5) is 7.79. The molecule has 0 saturated carbocycles. The van der Waals surface area contributed by atoms with Crippen molar-refractivity contribution in [3.05, 3.63) is 17.2 Å². The number of nitrogens with zero attached hydrogens (tertiary/aromatic N) is 3. The van der Waals surface area contributed by atoms with Gasteiger partial charge in [0, 0.05) is 0 Å². The van der Waals surface area contributed by atoms with Gasteiger partial charge in [-0.15, -0.1) is 0 Å². The standard InChI is InChI=1S/C6H5ClN4.2C2H6/c1-3-5-4(11-10-3)2-8-6(7)9-5;2*1-2/h2H,1H3,(H,10,11);2*1-2H3. The zero-order chi connectivity index (χ0) is 11.8. The number of aryl methyl sites for hydroxylation is 1. The lowest BCUT2D eigenvalue weighted by atomic mass is 10.4. The number of halogens is 1. The monoisotopic (exact) mass is 228 g/mol. The van der Waals surface area contributed by atoms with Crippen molar-refractivity contribution >= 4 is 22.6 Å². The molecule has 5 heteroatoms. The fraction of sp³-hybridized carbons (Fsp3) is 0.500. The summed E-state index contributed by atoms with van der Waals surface area (Å²) in [5.41, 5.74) is 2.43. The first-order valence-electron chi connectivity index (χ1n) is 5.10. The Morgan fingerprint density at radius 2 is 1.80 bits per heavy atom. The molecule has 0 spiro atoms. The van der Waals surface area contributed by atoms with Crippen LogP contribution < -0.4 is 0 Å². The topological polar surface area (TPSA) is 54.5 Å². The summed E-state index contributed by atoms with van der Waals surface area (Å²) >= 11 is 5.58. The van der Waals surface area contributed by atoms with Gasteiger partial charge in [-0.2, -0.15) is 5.10 Å². The maximum absolute atomic E-state index is 5.58. The van der Waals surface area contributed by atoms with Gasteiger partial charge in [-0.1, -0.05) is 27.7 Å². The molecular formula is C10H17ClN4. The fourth-order valence-electron chi connectivity index (χ4n) is 0.909. The summed E-state index contributed by atoms with van der Waals surface area (Å²) in [5.74, 6) is 0. The Balaban J connectivity index is 0.000000442. The third-order valence-corrected chi connectivity index (χ3v) is 1.62. The van der Waals surface area contributed by atoms with Gasteiger partial charge in [0.05, 0.1) is 11.9 Å². The van der Waals surface area contributed by atoms with E-state index in [0.29, 0.717) is 0 Å². The Hall–Kier alpha value is -1.16. The van der Waals surface area contributed by atoms with Crippen molar-refractivity contribution in [3.63, 3.8) is 0 Å². The van der Waals surface area contributed by atoms with Crippen LogP contribution in [0.5, 0.6) is 0 Å². The molecule has 2 rings (SSSR count). The van der Waals surface area contributed by atoms with Crippen LogP contribution in [0.3, 0.4) is 0 Å². The van der Waals surface area contributed by atoms with Crippen molar-refractivity contribution in [3.8, 4) is 0 Å². The van der Waals surface area contributed by atoms with E-state index < -0.39 is 0 Å². The molecule has 84 valence electrons. The van der Waals surface area contributed by atoms with Crippen molar-refractivity contribution in [2.75, 3.05) is 0 Å². The quantitative estimate of drug-likeness (QED) is 0.704. The van der Waals surface area contributed by atoms with Crippen LogP contribution in [0.2, 0.25) is 5.28 Å². The highest BCUT2D eigenvalue weighted by Gasteiger charge is 2.02. The van der Waals surface area contributed by atoms with Gasteiger partial charge < -0.3 is 0 Å². The van der Waals surface area contributed by atoms with Crippen molar-refractivity contribution in [1.82, 2.24) is 20.2 Å². The third-order valence-electron chi connectivity index (χ3n) is 1.44. The van der Waals surface area contributed by atoms with Crippen molar-refractivity contribution < 1.29 is 0 Å². The highest BCUT2D eigenvalue weighted by Crippen LogP contribution is 2.12. The Bertz CT molecular complexity index is 397. The molecule has 0 fully saturated rings. The van der Waals surface area contributed by atoms with E-state index in [-0.39, 0.29) is 5.28 Å². The molecule has 1 N–H and O–H groups in total. The number of hydrogen-bond donors (Lipinski definition) is 1. The summed E-state index contributed by atoms with van der Waals surface area (Å²) in [5, 5.41) is 7.00. The number of H-pyrrole nitrogens is 1. The van der Waals surface area contributed by atoms with E-state index in [2.05, 4.69) is 20.2 Å². The minimum absolute atomic E-state index is 0.252. The smallest absolute Gasteiger partial charge is 0.223 e. The molecule has 0 amide bonds. The van der Waals surface area contributed by atoms with Gasteiger partial charge in [0.25, 0.3) is 0 Å². The number of fused-ring (bicyclic) bond motifs is 1. The summed E-state index contributed by atoms with van der Waals surface area (Å²) in [7, 11) is 0. The van der Waals surface area contributed by atoms with Crippen molar-refractivity contribution in [2.45, 2.75) is 34.6 Å². The molecule has 0 aliphatic carbocycles. The number of nitrogens with one attached hydrogen (secondary N) is 1. The average molecular weight is 229 g/mol. The second-order valence-electron chi connectivity index (χ2n) is 2.22.